The van der Waals surface area contributed by atoms with Crippen molar-refractivity contribution in [2.45, 2.75) is 24.7 Å². The van der Waals surface area contributed by atoms with Gasteiger partial charge < -0.3 is 14.8 Å². The molecule has 1 heterocycles. The Hall–Kier alpha value is -2.91. The van der Waals surface area contributed by atoms with Crippen LogP contribution in [0.1, 0.15) is 30.1 Å². The summed E-state index contributed by atoms with van der Waals surface area (Å²) in [5, 5.41) is 2.81. The van der Waals surface area contributed by atoms with Gasteiger partial charge in [0.05, 0.1) is 30.1 Å². The smallest absolute Gasteiger partial charge is 0.338 e. The van der Waals surface area contributed by atoms with E-state index < -0.39 is 21.9 Å². The summed E-state index contributed by atoms with van der Waals surface area (Å²) in [5.41, 5.74) is 0.933. The van der Waals surface area contributed by atoms with Crippen LogP contribution in [-0.2, 0) is 19.6 Å². The molecule has 31 heavy (non-hydrogen) atoms. The van der Waals surface area contributed by atoms with Crippen LogP contribution in [0.3, 0.4) is 0 Å². The monoisotopic (exact) mass is 446 g/mol. The van der Waals surface area contributed by atoms with Gasteiger partial charge in [0.1, 0.15) is 5.75 Å². The average molecular weight is 447 g/mol. The van der Waals surface area contributed by atoms with Crippen molar-refractivity contribution < 1.29 is 27.5 Å². The van der Waals surface area contributed by atoms with Crippen LogP contribution in [0.5, 0.6) is 5.75 Å². The Morgan fingerprint density at radius 1 is 1.10 bits per heavy atom. The maximum Gasteiger partial charge on any atom is 0.338 e. The van der Waals surface area contributed by atoms with Crippen molar-refractivity contribution in [2.24, 2.45) is 5.92 Å². The lowest BCUT2D eigenvalue weighted by Crippen LogP contribution is -2.43. The van der Waals surface area contributed by atoms with E-state index >= 15 is 0 Å². The van der Waals surface area contributed by atoms with Crippen LogP contribution in [0.25, 0.3) is 0 Å². The highest BCUT2D eigenvalue weighted by Crippen LogP contribution is 2.26. The number of methoxy groups -OCH3 is 1. The number of esters is 1. The fourth-order valence-electron chi connectivity index (χ4n) is 3.42. The summed E-state index contributed by atoms with van der Waals surface area (Å²) in [6.07, 6.45) is 1.19. The second-order valence-corrected chi connectivity index (χ2v) is 9.10. The Labute approximate surface area is 182 Å². The highest BCUT2D eigenvalue weighted by molar-refractivity contribution is 7.89. The zero-order valence-electron chi connectivity index (χ0n) is 17.5. The third kappa shape index (κ3) is 5.42. The second-order valence-electron chi connectivity index (χ2n) is 7.16. The predicted molar refractivity (Wildman–Crippen MR) is 116 cm³/mol. The van der Waals surface area contributed by atoms with E-state index in [2.05, 4.69) is 5.32 Å². The van der Waals surface area contributed by atoms with Crippen molar-refractivity contribution in [3.63, 3.8) is 0 Å². The number of benzene rings is 2. The van der Waals surface area contributed by atoms with Crippen molar-refractivity contribution in [1.82, 2.24) is 4.31 Å². The molecule has 1 saturated heterocycles. The molecule has 2 aromatic rings. The molecule has 1 amide bonds. The first-order valence-corrected chi connectivity index (χ1v) is 11.5. The number of carbonyl (C=O) groups is 2. The van der Waals surface area contributed by atoms with Gasteiger partial charge in [0, 0.05) is 18.8 Å². The van der Waals surface area contributed by atoms with Gasteiger partial charge in [-0.3, -0.25) is 4.79 Å². The standard InChI is InChI=1S/C22H26N2O6S/c1-3-30-22(26)16-6-8-18(9-7-16)23-21(25)17-5-4-14-24(15-17)31(27,28)20-12-10-19(29-2)11-13-20/h6-13,17H,3-5,14-15H2,1-2H3,(H,23,25)/t17-/m0/s1. The fourth-order valence-corrected chi connectivity index (χ4v) is 4.94. The molecule has 0 aromatic heterocycles. The first-order valence-electron chi connectivity index (χ1n) is 10.1. The molecule has 0 spiro atoms. The van der Waals surface area contributed by atoms with E-state index in [9.17, 15) is 18.0 Å². The molecule has 1 aliphatic rings. The van der Waals surface area contributed by atoms with Crippen LogP contribution in [0, 0.1) is 5.92 Å². The summed E-state index contributed by atoms with van der Waals surface area (Å²) >= 11 is 0. The van der Waals surface area contributed by atoms with Crippen molar-refractivity contribution in [3.8, 4) is 5.75 Å². The summed E-state index contributed by atoms with van der Waals surface area (Å²) in [5.74, 6) is -0.569. The average Bonchev–Trinajstić information content (AvgIpc) is 2.79. The molecule has 1 atom stereocenters. The largest absolute Gasteiger partial charge is 0.497 e. The Morgan fingerprint density at radius 2 is 1.77 bits per heavy atom. The fraction of sp³-hybridized carbons (Fsp3) is 0.364. The molecule has 1 fully saturated rings. The maximum absolute atomic E-state index is 13.0. The van der Waals surface area contributed by atoms with E-state index in [1.807, 2.05) is 0 Å². The summed E-state index contributed by atoms with van der Waals surface area (Å²) in [6, 6.07) is 12.6. The van der Waals surface area contributed by atoms with Gasteiger partial charge in [-0.25, -0.2) is 13.2 Å². The van der Waals surface area contributed by atoms with Gasteiger partial charge in [-0.15, -0.1) is 0 Å². The third-order valence-corrected chi connectivity index (χ3v) is 7.00. The van der Waals surface area contributed by atoms with Crippen LogP contribution < -0.4 is 10.1 Å². The molecule has 8 nitrogen and oxygen atoms in total. The van der Waals surface area contributed by atoms with Gasteiger partial charge in [0.15, 0.2) is 0 Å². The molecule has 0 radical (unpaired) electrons. The SMILES string of the molecule is CCOC(=O)c1ccc(NC(=O)[C@H]2CCCN(S(=O)(=O)c3ccc(OC)cc3)C2)cc1. The normalized spacial score (nSPS) is 17.0. The Bertz CT molecular complexity index is 1020. The second kappa shape index (κ2) is 9.93. The van der Waals surface area contributed by atoms with Crippen molar-refractivity contribution in [3.05, 3.63) is 54.1 Å². The lowest BCUT2D eigenvalue weighted by atomic mass is 9.98. The molecule has 0 saturated carbocycles. The molecule has 3 rings (SSSR count). The highest BCUT2D eigenvalue weighted by Gasteiger charge is 2.33. The minimum absolute atomic E-state index is 0.112. The first-order chi connectivity index (χ1) is 14.8. The van der Waals surface area contributed by atoms with Gasteiger partial charge in [-0.1, -0.05) is 0 Å². The van der Waals surface area contributed by atoms with Crippen LogP contribution in [0.2, 0.25) is 0 Å². The molecule has 9 heteroatoms. The molecule has 1 N–H and O–H groups in total. The first kappa shape index (κ1) is 22.8. The van der Waals surface area contributed by atoms with Crippen molar-refractivity contribution >= 4 is 27.6 Å². The molecular formula is C22H26N2O6S. The summed E-state index contributed by atoms with van der Waals surface area (Å²) in [6.45, 7) is 2.50. The van der Waals surface area contributed by atoms with Gasteiger partial charge >= 0.3 is 5.97 Å². The molecule has 0 aliphatic carbocycles. The Morgan fingerprint density at radius 3 is 2.39 bits per heavy atom. The van der Waals surface area contributed by atoms with E-state index in [-0.39, 0.29) is 24.0 Å². The van der Waals surface area contributed by atoms with E-state index in [1.165, 1.54) is 23.5 Å². The molecule has 2 aromatic carbocycles. The van der Waals surface area contributed by atoms with Gasteiger partial charge in [0.2, 0.25) is 15.9 Å². The number of rotatable bonds is 7. The molecule has 166 valence electrons. The highest BCUT2D eigenvalue weighted by atomic mass is 32.2. The minimum atomic E-state index is -3.70. The predicted octanol–water partition coefficient (Wildman–Crippen LogP) is 2.91. The summed E-state index contributed by atoms with van der Waals surface area (Å²) < 4.78 is 37.3. The van der Waals surface area contributed by atoms with Crippen molar-refractivity contribution in [1.29, 1.82) is 0 Å². The molecular weight excluding hydrogens is 420 g/mol. The lowest BCUT2D eigenvalue weighted by molar-refractivity contribution is -0.120. The maximum atomic E-state index is 13.0. The molecule has 0 bridgehead atoms. The molecule has 0 unspecified atom stereocenters. The number of hydrogen-bond donors (Lipinski definition) is 1. The number of ether oxygens (including phenoxy) is 2. The Kier molecular flexibility index (Phi) is 7.29. The minimum Gasteiger partial charge on any atom is -0.497 e. The van der Waals surface area contributed by atoms with Gasteiger partial charge in [-0.2, -0.15) is 4.31 Å². The number of anilines is 1. The van der Waals surface area contributed by atoms with Gasteiger partial charge in [-0.05, 0) is 68.3 Å². The van der Waals surface area contributed by atoms with E-state index in [0.717, 1.165) is 0 Å². The van der Waals surface area contributed by atoms with E-state index in [0.29, 0.717) is 36.4 Å². The number of hydrogen-bond acceptors (Lipinski definition) is 6. The van der Waals surface area contributed by atoms with Crippen LogP contribution in [-0.4, -0.2) is 51.4 Å². The van der Waals surface area contributed by atoms with Crippen LogP contribution >= 0.6 is 0 Å². The Balaban J connectivity index is 1.65. The summed E-state index contributed by atoms with van der Waals surface area (Å²) in [4.78, 5) is 24.6. The van der Waals surface area contributed by atoms with Crippen molar-refractivity contribution in [2.75, 3.05) is 32.1 Å². The molecule has 1 aliphatic heterocycles. The van der Waals surface area contributed by atoms with E-state index in [1.54, 1.807) is 43.3 Å². The lowest BCUT2D eigenvalue weighted by Gasteiger charge is -2.31. The zero-order chi connectivity index (χ0) is 22.4. The number of nitrogens with one attached hydrogen (secondary N) is 1. The van der Waals surface area contributed by atoms with E-state index in [4.69, 9.17) is 9.47 Å². The number of sulfonamides is 1. The number of amides is 1. The van der Waals surface area contributed by atoms with Crippen LogP contribution in [0.4, 0.5) is 5.69 Å². The zero-order valence-corrected chi connectivity index (χ0v) is 18.4. The number of nitrogens with zero attached hydrogens (tertiary/aromatic N) is 1. The number of carbonyl (C=O) groups excluding carboxylic acids is 2. The third-order valence-electron chi connectivity index (χ3n) is 5.12. The van der Waals surface area contributed by atoms with Crippen LogP contribution in [0.15, 0.2) is 53.4 Å². The van der Waals surface area contributed by atoms with Gasteiger partial charge in [0.25, 0.3) is 0 Å². The number of piperidine rings is 1. The summed E-state index contributed by atoms with van der Waals surface area (Å²) in [7, 11) is -2.18. The topological polar surface area (TPSA) is 102 Å². The quantitative estimate of drug-likeness (QED) is 0.656.